The van der Waals surface area contributed by atoms with E-state index in [1.807, 2.05) is 60.7 Å². The molecule has 0 amide bonds. The summed E-state index contributed by atoms with van der Waals surface area (Å²) in [6, 6.07) is 21.9. The van der Waals surface area contributed by atoms with Crippen LogP contribution in [0.25, 0.3) is 10.8 Å². The van der Waals surface area contributed by atoms with E-state index in [-0.39, 0.29) is 12.6 Å². The van der Waals surface area contributed by atoms with Crippen molar-refractivity contribution in [1.82, 2.24) is 0 Å². The SMILES string of the molecule is COc1c(C2(c3ccccc3)OCC(C(=O)OC3(C)C4CC5CC(C4)C3C5)O2)ccc2ccccc12. The highest BCUT2D eigenvalue weighted by Gasteiger charge is 2.63. The summed E-state index contributed by atoms with van der Waals surface area (Å²) in [5.41, 5.74) is 1.17. The Morgan fingerprint density at radius 1 is 0.944 bits per heavy atom. The monoisotopic (exact) mass is 484 g/mol. The number of fused-ring (bicyclic) bond motifs is 1. The van der Waals surface area contributed by atoms with Gasteiger partial charge in [-0.05, 0) is 61.8 Å². The number of ether oxygens (including phenoxy) is 4. The first kappa shape index (κ1) is 22.3. The molecular weight excluding hydrogens is 452 g/mol. The van der Waals surface area contributed by atoms with Crippen molar-refractivity contribution in [1.29, 1.82) is 0 Å². The summed E-state index contributed by atoms with van der Waals surface area (Å²) in [5, 5.41) is 2.03. The van der Waals surface area contributed by atoms with Crippen molar-refractivity contribution >= 4 is 16.7 Å². The van der Waals surface area contributed by atoms with Gasteiger partial charge in [0, 0.05) is 16.9 Å². The van der Waals surface area contributed by atoms with Crippen molar-refractivity contribution in [2.45, 2.75) is 50.1 Å². The Morgan fingerprint density at radius 2 is 1.75 bits per heavy atom. The summed E-state index contributed by atoms with van der Waals surface area (Å²) >= 11 is 0. The average Bonchev–Trinajstić information content (AvgIpc) is 3.54. The molecule has 4 bridgehead atoms. The number of hydrogen-bond donors (Lipinski definition) is 0. The maximum absolute atomic E-state index is 13.6. The molecule has 7 unspecified atom stereocenters. The summed E-state index contributed by atoms with van der Waals surface area (Å²) in [6.07, 6.45) is 4.05. The van der Waals surface area contributed by atoms with E-state index in [1.54, 1.807) is 7.11 Å². The summed E-state index contributed by atoms with van der Waals surface area (Å²) < 4.78 is 25.4. The van der Waals surface area contributed by atoms with Gasteiger partial charge in [-0.15, -0.1) is 0 Å². The molecule has 5 fully saturated rings. The fraction of sp³-hybridized carbons (Fsp3) is 0.452. The number of hydrogen-bond acceptors (Lipinski definition) is 5. The maximum Gasteiger partial charge on any atom is 0.338 e. The molecule has 8 rings (SSSR count). The number of methoxy groups -OCH3 is 1. The van der Waals surface area contributed by atoms with Crippen LogP contribution in [0.15, 0.2) is 66.7 Å². The Bertz CT molecular complexity index is 1320. The van der Waals surface area contributed by atoms with Crippen LogP contribution in [-0.4, -0.2) is 31.4 Å². The van der Waals surface area contributed by atoms with Crippen molar-refractivity contribution in [3.05, 3.63) is 77.9 Å². The van der Waals surface area contributed by atoms with Crippen LogP contribution >= 0.6 is 0 Å². The van der Waals surface area contributed by atoms with Gasteiger partial charge in [0.1, 0.15) is 11.4 Å². The number of rotatable bonds is 5. The van der Waals surface area contributed by atoms with E-state index in [0.29, 0.717) is 23.5 Å². The van der Waals surface area contributed by atoms with E-state index in [1.165, 1.54) is 25.7 Å². The van der Waals surface area contributed by atoms with Crippen LogP contribution in [0.3, 0.4) is 0 Å². The van der Waals surface area contributed by atoms with Crippen LogP contribution in [0.1, 0.15) is 43.7 Å². The molecule has 5 nitrogen and oxygen atoms in total. The largest absolute Gasteiger partial charge is 0.496 e. The van der Waals surface area contributed by atoms with Crippen molar-refractivity contribution in [2.24, 2.45) is 23.7 Å². The van der Waals surface area contributed by atoms with Crippen LogP contribution < -0.4 is 4.74 Å². The molecule has 5 heteroatoms. The molecule has 3 aromatic carbocycles. The Kier molecular flexibility index (Phi) is 4.99. The van der Waals surface area contributed by atoms with Gasteiger partial charge in [0.05, 0.1) is 19.3 Å². The first-order valence-electron chi connectivity index (χ1n) is 13.2. The van der Waals surface area contributed by atoms with Gasteiger partial charge < -0.3 is 18.9 Å². The van der Waals surface area contributed by atoms with Gasteiger partial charge in [-0.1, -0.05) is 60.7 Å². The van der Waals surface area contributed by atoms with Gasteiger partial charge in [0.2, 0.25) is 5.79 Å². The highest BCUT2D eigenvalue weighted by Crippen LogP contribution is 2.64. The minimum Gasteiger partial charge on any atom is -0.496 e. The topological polar surface area (TPSA) is 54.0 Å². The molecule has 4 aliphatic carbocycles. The highest BCUT2D eigenvalue weighted by molar-refractivity contribution is 5.90. The lowest BCUT2D eigenvalue weighted by Gasteiger charge is -2.41. The van der Waals surface area contributed by atoms with Gasteiger partial charge in [0.15, 0.2) is 6.10 Å². The molecule has 3 aromatic rings. The fourth-order valence-electron chi connectivity index (χ4n) is 7.88. The molecule has 0 radical (unpaired) electrons. The molecule has 1 heterocycles. The second-order valence-corrected chi connectivity index (χ2v) is 11.2. The lowest BCUT2D eigenvalue weighted by Crippen LogP contribution is -2.47. The van der Waals surface area contributed by atoms with Crippen LogP contribution in [-0.2, 0) is 24.8 Å². The van der Waals surface area contributed by atoms with Crippen molar-refractivity contribution in [2.75, 3.05) is 13.7 Å². The standard InChI is InChI=1S/C31H32O5/c1-30(23-15-19-14-21(17-23)26(30)16-19)36-29(32)27-18-34-31(35-27,22-9-4-3-5-10-22)25-13-12-20-8-6-7-11-24(20)28(25)33-2/h3-13,19,21,23,26-27H,14-18H2,1-2H3. The molecule has 0 N–H and O–H groups in total. The minimum absolute atomic E-state index is 0.126. The summed E-state index contributed by atoms with van der Waals surface area (Å²) in [5.74, 6) is 1.57. The first-order valence-corrected chi connectivity index (χ1v) is 13.2. The van der Waals surface area contributed by atoms with Gasteiger partial charge in [-0.25, -0.2) is 4.79 Å². The first-order chi connectivity index (χ1) is 17.5. The third-order valence-corrected chi connectivity index (χ3v) is 9.47. The minimum atomic E-state index is -1.27. The van der Waals surface area contributed by atoms with Crippen LogP contribution in [0.5, 0.6) is 5.75 Å². The molecule has 5 aliphatic rings. The van der Waals surface area contributed by atoms with Crippen molar-refractivity contribution in [3.8, 4) is 5.75 Å². The summed E-state index contributed by atoms with van der Waals surface area (Å²) in [7, 11) is 1.66. The molecule has 186 valence electrons. The molecule has 4 saturated carbocycles. The van der Waals surface area contributed by atoms with E-state index in [9.17, 15) is 4.79 Å². The van der Waals surface area contributed by atoms with Crippen LogP contribution in [0, 0.1) is 23.7 Å². The fourth-order valence-corrected chi connectivity index (χ4v) is 7.88. The zero-order valence-electron chi connectivity index (χ0n) is 20.8. The van der Waals surface area contributed by atoms with Crippen molar-refractivity contribution in [3.63, 3.8) is 0 Å². The molecular formula is C31H32O5. The summed E-state index contributed by atoms with van der Waals surface area (Å²) in [4.78, 5) is 13.6. The third kappa shape index (κ3) is 3.12. The molecule has 1 aliphatic heterocycles. The molecule has 0 aromatic heterocycles. The summed E-state index contributed by atoms with van der Waals surface area (Å²) in [6.45, 7) is 2.29. The molecule has 36 heavy (non-hydrogen) atoms. The normalized spacial score (nSPS) is 36.4. The van der Waals surface area contributed by atoms with E-state index < -0.39 is 17.5 Å². The molecule has 1 saturated heterocycles. The molecule has 0 spiro atoms. The third-order valence-electron chi connectivity index (χ3n) is 9.47. The van der Waals surface area contributed by atoms with E-state index in [4.69, 9.17) is 18.9 Å². The van der Waals surface area contributed by atoms with Gasteiger partial charge in [-0.3, -0.25) is 0 Å². The number of benzene rings is 3. The highest BCUT2D eigenvalue weighted by atomic mass is 16.8. The number of carbonyl (C=O) groups is 1. The second-order valence-electron chi connectivity index (χ2n) is 11.2. The average molecular weight is 485 g/mol. The molecule has 7 atom stereocenters. The zero-order valence-corrected chi connectivity index (χ0v) is 20.8. The predicted molar refractivity (Wildman–Crippen MR) is 135 cm³/mol. The predicted octanol–water partition coefficient (Wildman–Crippen LogP) is 5.83. The second kappa shape index (κ2) is 8.06. The zero-order chi connectivity index (χ0) is 24.5. The van der Waals surface area contributed by atoms with E-state index >= 15 is 0 Å². The Labute approximate surface area is 211 Å². The lowest BCUT2D eigenvalue weighted by molar-refractivity contribution is -0.191. The van der Waals surface area contributed by atoms with Gasteiger partial charge in [-0.2, -0.15) is 0 Å². The smallest absolute Gasteiger partial charge is 0.338 e. The van der Waals surface area contributed by atoms with Crippen molar-refractivity contribution < 1.29 is 23.7 Å². The van der Waals surface area contributed by atoms with Crippen LogP contribution in [0.2, 0.25) is 0 Å². The lowest BCUT2D eigenvalue weighted by atomic mass is 9.73. The van der Waals surface area contributed by atoms with Crippen LogP contribution in [0.4, 0.5) is 0 Å². The Balaban J connectivity index is 1.24. The van der Waals surface area contributed by atoms with Gasteiger partial charge >= 0.3 is 5.97 Å². The van der Waals surface area contributed by atoms with E-state index in [0.717, 1.165) is 27.8 Å². The quantitative estimate of drug-likeness (QED) is 0.427. The number of esters is 1. The van der Waals surface area contributed by atoms with E-state index in [2.05, 4.69) is 13.0 Å². The Hall–Kier alpha value is -2.89. The Morgan fingerprint density at radius 3 is 2.56 bits per heavy atom. The number of carbonyl (C=O) groups excluding carboxylic acids is 1. The maximum atomic E-state index is 13.6. The van der Waals surface area contributed by atoms with Gasteiger partial charge in [0.25, 0.3) is 0 Å².